The molecular weight excluding hydrogens is 211 g/mol. The predicted molar refractivity (Wildman–Crippen MR) is 45.3 cm³/mol. The largest absolute Gasteiger partial charge is 0.0844 e. The third kappa shape index (κ3) is 1.62. The SMILES string of the molecule is ICC1=CCC=CC1. The van der Waals surface area contributed by atoms with Crippen LogP contribution < -0.4 is 0 Å². The van der Waals surface area contributed by atoms with Gasteiger partial charge in [-0.25, -0.2) is 0 Å². The first-order valence-corrected chi connectivity index (χ1v) is 4.35. The van der Waals surface area contributed by atoms with Gasteiger partial charge in [0.25, 0.3) is 0 Å². The predicted octanol–water partition coefficient (Wildman–Crippen LogP) is 2.70. The van der Waals surface area contributed by atoms with Gasteiger partial charge in [-0.1, -0.05) is 46.4 Å². The first-order valence-electron chi connectivity index (χ1n) is 2.82. The molecule has 0 unspecified atom stereocenters. The molecule has 0 heterocycles. The zero-order valence-corrected chi connectivity index (χ0v) is 6.89. The molecular formula is C7H9I. The lowest BCUT2D eigenvalue weighted by atomic mass is 10.1. The lowest BCUT2D eigenvalue weighted by Gasteiger charge is -2.01. The summed E-state index contributed by atoms with van der Waals surface area (Å²) in [6.07, 6.45) is 9.11. The zero-order chi connectivity index (χ0) is 5.82. The van der Waals surface area contributed by atoms with Gasteiger partial charge in [-0.05, 0) is 12.8 Å². The summed E-state index contributed by atoms with van der Waals surface area (Å²) in [5.74, 6) is 0. The van der Waals surface area contributed by atoms with E-state index in [-0.39, 0.29) is 0 Å². The van der Waals surface area contributed by atoms with Gasteiger partial charge in [0.2, 0.25) is 0 Å². The quantitative estimate of drug-likeness (QED) is 0.362. The van der Waals surface area contributed by atoms with Crippen molar-refractivity contribution < 1.29 is 0 Å². The fraction of sp³-hybridized carbons (Fsp3) is 0.429. The summed E-state index contributed by atoms with van der Waals surface area (Å²) in [6, 6.07) is 0. The van der Waals surface area contributed by atoms with Gasteiger partial charge >= 0.3 is 0 Å². The Morgan fingerprint density at radius 2 is 2.38 bits per heavy atom. The van der Waals surface area contributed by atoms with Gasteiger partial charge in [-0.2, -0.15) is 0 Å². The standard InChI is InChI=1S/C7H9I/c8-6-7-4-2-1-3-5-7/h1-2,5H,3-4,6H2. The van der Waals surface area contributed by atoms with E-state index < -0.39 is 0 Å². The minimum absolute atomic E-state index is 1.15. The Hall–Kier alpha value is 0.210. The van der Waals surface area contributed by atoms with E-state index in [1.165, 1.54) is 10.8 Å². The summed E-state index contributed by atoms with van der Waals surface area (Å²) < 4.78 is 1.20. The minimum Gasteiger partial charge on any atom is -0.0844 e. The third-order valence-electron chi connectivity index (χ3n) is 1.26. The van der Waals surface area contributed by atoms with Crippen LogP contribution in [0, 0.1) is 0 Å². The summed E-state index contributed by atoms with van der Waals surface area (Å²) in [5.41, 5.74) is 1.58. The van der Waals surface area contributed by atoms with E-state index in [1.54, 1.807) is 5.57 Å². The molecule has 0 aliphatic heterocycles. The Labute approximate surface area is 63.8 Å². The highest BCUT2D eigenvalue weighted by atomic mass is 127. The Kier molecular flexibility index (Phi) is 2.59. The summed E-state index contributed by atoms with van der Waals surface area (Å²) in [5, 5.41) is 0. The van der Waals surface area contributed by atoms with Crippen molar-refractivity contribution in [3.8, 4) is 0 Å². The van der Waals surface area contributed by atoms with Crippen LogP contribution in [-0.4, -0.2) is 4.43 Å². The molecule has 0 aromatic heterocycles. The number of hydrogen-bond acceptors (Lipinski definition) is 0. The lowest BCUT2D eigenvalue weighted by Crippen LogP contribution is -1.85. The monoisotopic (exact) mass is 220 g/mol. The fourth-order valence-electron chi connectivity index (χ4n) is 0.758. The Balaban J connectivity index is 2.43. The van der Waals surface area contributed by atoms with Crippen molar-refractivity contribution in [1.29, 1.82) is 0 Å². The van der Waals surface area contributed by atoms with Gasteiger partial charge in [0.05, 0.1) is 0 Å². The van der Waals surface area contributed by atoms with Crippen molar-refractivity contribution in [1.82, 2.24) is 0 Å². The molecule has 8 heavy (non-hydrogen) atoms. The number of rotatable bonds is 1. The van der Waals surface area contributed by atoms with Crippen LogP contribution in [0.5, 0.6) is 0 Å². The lowest BCUT2D eigenvalue weighted by molar-refractivity contribution is 1.13. The smallest absolute Gasteiger partial charge is 0.0209 e. The second-order valence-electron chi connectivity index (χ2n) is 1.91. The van der Waals surface area contributed by atoms with Crippen LogP contribution in [-0.2, 0) is 0 Å². The Bertz CT molecular complexity index is 122. The van der Waals surface area contributed by atoms with E-state index in [4.69, 9.17) is 0 Å². The molecule has 0 amide bonds. The van der Waals surface area contributed by atoms with E-state index in [2.05, 4.69) is 40.8 Å². The summed E-state index contributed by atoms with van der Waals surface area (Å²) in [7, 11) is 0. The van der Waals surface area contributed by atoms with Gasteiger partial charge in [-0.15, -0.1) is 0 Å². The molecule has 0 N–H and O–H groups in total. The molecule has 44 valence electrons. The highest BCUT2D eigenvalue weighted by Crippen LogP contribution is 2.12. The second kappa shape index (κ2) is 3.28. The number of alkyl halides is 1. The highest BCUT2D eigenvalue weighted by molar-refractivity contribution is 14.1. The van der Waals surface area contributed by atoms with Crippen molar-refractivity contribution in [2.45, 2.75) is 12.8 Å². The molecule has 0 aromatic rings. The van der Waals surface area contributed by atoms with E-state index in [0.717, 1.165) is 6.42 Å². The summed E-state index contributed by atoms with van der Waals surface area (Å²) in [4.78, 5) is 0. The molecule has 0 nitrogen and oxygen atoms in total. The number of halogens is 1. The number of allylic oxidation sites excluding steroid dienone is 4. The topological polar surface area (TPSA) is 0 Å². The Morgan fingerprint density at radius 3 is 2.75 bits per heavy atom. The van der Waals surface area contributed by atoms with Gasteiger partial charge in [0, 0.05) is 4.43 Å². The maximum absolute atomic E-state index is 2.40. The first kappa shape index (κ1) is 6.33. The molecule has 1 aliphatic carbocycles. The molecule has 0 saturated heterocycles. The van der Waals surface area contributed by atoms with E-state index >= 15 is 0 Å². The third-order valence-corrected chi connectivity index (χ3v) is 2.24. The highest BCUT2D eigenvalue weighted by Gasteiger charge is 1.93. The van der Waals surface area contributed by atoms with E-state index in [9.17, 15) is 0 Å². The average molecular weight is 220 g/mol. The Morgan fingerprint density at radius 1 is 1.50 bits per heavy atom. The molecule has 0 spiro atoms. The van der Waals surface area contributed by atoms with Crippen LogP contribution in [0.4, 0.5) is 0 Å². The van der Waals surface area contributed by atoms with Crippen LogP contribution in [0.15, 0.2) is 23.8 Å². The van der Waals surface area contributed by atoms with Gasteiger partial charge in [-0.3, -0.25) is 0 Å². The molecule has 0 atom stereocenters. The molecule has 0 aromatic carbocycles. The van der Waals surface area contributed by atoms with Crippen LogP contribution >= 0.6 is 22.6 Å². The van der Waals surface area contributed by atoms with Crippen LogP contribution in [0.25, 0.3) is 0 Å². The fourth-order valence-corrected chi connectivity index (χ4v) is 1.38. The number of hydrogen-bond donors (Lipinski definition) is 0. The average Bonchev–Trinajstić information content (AvgIpc) is 1.90. The maximum Gasteiger partial charge on any atom is 0.0209 e. The molecule has 1 rings (SSSR count). The first-order chi connectivity index (χ1) is 3.93. The molecule has 0 bridgehead atoms. The van der Waals surface area contributed by atoms with E-state index in [1.807, 2.05) is 0 Å². The molecule has 0 saturated carbocycles. The van der Waals surface area contributed by atoms with Crippen LogP contribution in [0.3, 0.4) is 0 Å². The summed E-state index contributed by atoms with van der Waals surface area (Å²) >= 11 is 2.40. The maximum atomic E-state index is 2.40. The molecule has 0 fully saturated rings. The van der Waals surface area contributed by atoms with Crippen LogP contribution in [0.1, 0.15) is 12.8 Å². The molecule has 0 radical (unpaired) electrons. The molecule has 1 aliphatic rings. The van der Waals surface area contributed by atoms with Crippen molar-refractivity contribution >= 4 is 22.6 Å². The van der Waals surface area contributed by atoms with Gasteiger partial charge in [0.1, 0.15) is 0 Å². The normalized spacial score (nSPS) is 18.4. The van der Waals surface area contributed by atoms with Gasteiger partial charge in [0.15, 0.2) is 0 Å². The minimum atomic E-state index is 1.15. The summed E-state index contributed by atoms with van der Waals surface area (Å²) in [6.45, 7) is 0. The second-order valence-corrected chi connectivity index (χ2v) is 2.67. The molecule has 1 heteroatoms. The van der Waals surface area contributed by atoms with Crippen LogP contribution in [0.2, 0.25) is 0 Å². The van der Waals surface area contributed by atoms with Crippen molar-refractivity contribution in [3.63, 3.8) is 0 Å². The van der Waals surface area contributed by atoms with E-state index in [0.29, 0.717) is 0 Å². The van der Waals surface area contributed by atoms with Gasteiger partial charge < -0.3 is 0 Å². The van der Waals surface area contributed by atoms with Crippen molar-refractivity contribution in [2.75, 3.05) is 4.43 Å². The van der Waals surface area contributed by atoms with Crippen molar-refractivity contribution in [2.24, 2.45) is 0 Å². The van der Waals surface area contributed by atoms with Crippen molar-refractivity contribution in [3.05, 3.63) is 23.8 Å². The zero-order valence-electron chi connectivity index (χ0n) is 4.73.